The van der Waals surface area contributed by atoms with Gasteiger partial charge in [0.15, 0.2) is 0 Å². The molecular weight excluding hydrogens is 378 g/mol. The molecule has 0 bridgehead atoms. The van der Waals surface area contributed by atoms with Crippen LogP contribution >= 0.6 is 15.9 Å². The smallest absolute Gasteiger partial charge is 0.243 e. The van der Waals surface area contributed by atoms with Crippen LogP contribution in [0.3, 0.4) is 0 Å². The Morgan fingerprint density at radius 1 is 0.958 bits per heavy atom. The van der Waals surface area contributed by atoms with Crippen molar-refractivity contribution in [2.45, 2.75) is 52.5 Å². The number of rotatable bonds is 12. The quantitative estimate of drug-likeness (QED) is 0.331. The number of carbonyl (C=O) groups excluding carboxylic acids is 4. The van der Waals surface area contributed by atoms with Crippen LogP contribution in [-0.4, -0.2) is 48.0 Å². The summed E-state index contributed by atoms with van der Waals surface area (Å²) in [5.41, 5.74) is 0. The lowest BCUT2D eigenvalue weighted by molar-refractivity contribution is -0.131. The average molecular weight is 406 g/mol. The summed E-state index contributed by atoms with van der Waals surface area (Å²) >= 11 is 3.07. The summed E-state index contributed by atoms with van der Waals surface area (Å²) in [6, 6.07) is -0.643. The number of unbranched alkanes of at least 4 members (excludes halogenated alkanes) is 2. The second-order valence-corrected chi connectivity index (χ2v) is 6.56. The number of hydrogen-bond acceptors (Lipinski definition) is 4. The van der Waals surface area contributed by atoms with E-state index < -0.39 is 6.04 Å². The molecule has 7 nitrogen and oxygen atoms in total. The molecule has 0 aliphatic rings. The number of ketones is 1. The first kappa shape index (κ1) is 22.6. The Morgan fingerprint density at radius 2 is 1.62 bits per heavy atom. The minimum atomic E-state index is -0.643. The highest BCUT2D eigenvalue weighted by Gasteiger charge is 2.23. The third kappa shape index (κ3) is 11.2. The Hall–Kier alpha value is -1.44. The van der Waals surface area contributed by atoms with Gasteiger partial charge in [-0.2, -0.15) is 0 Å². The lowest BCUT2D eigenvalue weighted by atomic mass is 10.0. The SMILES string of the molecule is CC(=O)CNC(=O)C(NC(=O)CCCCCNC(=O)CBr)C(C)C. The first-order valence-corrected chi connectivity index (χ1v) is 9.29. The zero-order valence-corrected chi connectivity index (χ0v) is 16.2. The van der Waals surface area contributed by atoms with E-state index in [0.717, 1.165) is 12.8 Å². The van der Waals surface area contributed by atoms with Gasteiger partial charge in [0.1, 0.15) is 11.8 Å². The second-order valence-electron chi connectivity index (χ2n) is 6.00. The minimum absolute atomic E-state index is 0.0297. The van der Waals surface area contributed by atoms with Crippen molar-refractivity contribution in [3.63, 3.8) is 0 Å². The van der Waals surface area contributed by atoms with Crippen molar-refractivity contribution in [1.29, 1.82) is 0 Å². The van der Waals surface area contributed by atoms with E-state index in [2.05, 4.69) is 31.9 Å². The van der Waals surface area contributed by atoms with Crippen LogP contribution in [-0.2, 0) is 19.2 Å². The van der Waals surface area contributed by atoms with E-state index in [1.54, 1.807) is 0 Å². The Bertz CT molecular complexity index is 441. The summed E-state index contributed by atoms with van der Waals surface area (Å²) < 4.78 is 0. The van der Waals surface area contributed by atoms with Crippen LogP contribution < -0.4 is 16.0 Å². The molecule has 0 aliphatic carbocycles. The van der Waals surface area contributed by atoms with Crippen molar-refractivity contribution < 1.29 is 19.2 Å². The Kier molecular flexibility index (Phi) is 12.1. The topological polar surface area (TPSA) is 104 Å². The van der Waals surface area contributed by atoms with E-state index in [1.807, 2.05) is 13.8 Å². The normalized spacial score (nSPS) is 11.7. The molecule has 8 heteroatoms. The number of alkyl halides is 1. The summed E-state index contributed by atoms with van der Waals surface area (Å²) in [7, 11) is 0. The summed E-state index contributed by atoms with van der Waals surface area (Å²) in [5, 5.41) is 8.27. The summed E-state index contributed by atoms with van der Waals surface area (Å²) in [6.45, 7) is 5.63. The highest BCUT2D eigenvalue weighted by molar-refractivity contribution is 9.09. The van der Waals surface area contributed by atoms with Crippen LogP contribution in [0.5, 0.6) is 0 Å². The minimum Gasteiger partial charge on any atom is -0.355 e. The zero-order valence-electron chi connectivity index (χ0n) is 14.6. The Labute approximate surface area is 151 Å². The van der Waals surface area contributed by atoms with Crippen LogP contribution in [0.1, 0.15) is 46.5 Å². The third-order valence-corrected chi connectivity index (χ3v) is 3.81. The highest BCUT2D eigenvalue weighted by atomic mass is 79.9. The molecule has 0 spiro atoms. The molecule has 0 aromatic carbocycles. The average Bonchev–Trinajstić information content (AvgIpc) is 2.52. The molecular formula is C16H28BrN3O4. The van der Waals surface area contributed by atoms with Crippen molar-refractivity contribution in [1.82, 2.24) is 16.0 Å². The molecule has 0 fully saturated rings. The van der Waals surface area contributed by atoms with E-state index in [4.69, 9.17) is 0 Å². The lowest BCUT2D eigenvalue weighted by Gasteiger charge is -2.21. The molecule has 0 rings (SSSR count). The van der Waals surface area contributed by atoms with Gasteiger partial charge in [0, 0.05) is 13.0 Å². The fraction of sp³-hybridized carbons (Fsp3) is 0.750. The molecule has 0 aromatic rings. The number of amides is 3. The van der Waals surface area contributed by atoms with Crippen LogP contribution in [0.15, 0.2) is 0 Å². The first-order valence-electron chi connectivity index (χ1n) is 8.17. The van der Waals surface area contributed by atoms with Crippen molar-refractivity contribution in [3.8, 4) is 0 Å². The predicted octanol–water partition coefficient (Wildman–Crippen LogP) is 0.904. The summed E-state index contributed by atoms with van der Waals surface area (Å²) in [6.07, 6.45) is 2.64. The molecule has 3 amide bonds. The van der Waals surface area contributed by atoms with Crippen molar-refractivity contribution in [3.05, 3.63) is 0 Å². The molecule has 138 valence electrons. The van der Waals surface area contributed by atoms with E-state index in [0.29, 0.717) is 19.4 Å². The van der Waals surface area contributed by atoms with Crippen LogP contribution in [0, 0.1) is 5.92 Å². The van der Waals surface area contributed by atoms with Gasteiger partial charge in [0.25, 0.3) is 0 Å². The number of hydrogen-bond donors (Lipinski definition) is 3. The third-order valence-electron chi connectivity index (χ3n) is 3.30. The van der Waals surface area contributed by atoms with Gasteiger partial charge < -0.3 is 16.0 Å². The highest BCUT2D eigenvalue weighted by Crippen LogP contribution is 2.04. The standard InChI is InChI=1S/C16H28BrN3O4/c1-11(2)15(16(24)19-10-12(3)21)20-13(22)7-5-4-6-8-18-14(23)9-17/h11,15H,4-10H2,1-3H3,(H,18,23)(H,19,24)(H,20,22). The molecule has 24 heavy (non-hydrogen) atoms. The monoisotopic (exact) mass is 405 g/mol. The molecule has 1 atom stereocenters. The predicted molar refractivity (Wildman–Crippen MR) is 95.7 cm³/mol. The second kappa shape index (κ2) is 12.9. The van der Waals surface area contributed by atoms with Crippen LogP contribution in [0.25, 0.3) is 0 Å². The van der Waals surface area contributed by atoms with Gasteiger partial charge in [-0.05, 0) is 25.7 Å². The molecule has 1 unspecified atom stereocenters. The zero-order chi connectivity index (χ0) is 18.5. The maximum atomic E-state index is 12.0. The van der Waals surface area contributed by atoms with E-state index in [9.17, 15) is 19.2 Å². The van der Waals surface area contributed by atoms with Gasteiger partial charge >= 0.3 is 0 Å². The maximum absolute atomic E-state index is 12.0. The first-order chi connectivity index (χ1) is 11.3. The molecule has 3 N–H and O–H groups in total. The van der Waals surface area contributed by atoms with E-state index >= 15 is 0 Å². The largest absolute Gasteiger partial charge is 0.355 e. The summed E-state index contributed by atoms with van der Waals surface area (Å²) in [5.74, 6) is -0.782. The fourth-order valence-corrected chi connectivity index (χ4v) is 2.16. The van der Waals surface area contributed by atoms with Crippen molar-refractivity contribution in [2.75, 3.05) is 18.4 Å². The van der Waals surface area contributed by atoms with Gasteiger partial charge in [-0.25, -0.2) is 0 Å². The van der Waals surface area contributed by atoms with E-state index in [-0.39, 0.29) is 41.3 Å². The van der Waals surface area contributed by atoms with Gasteiger partial charge in [-0.3, -0.25) is 19.2 Å². The Morgan fingerprint density at radius 3 is 2.17 bits per heavy atom. The van der Waals surface area contributed by atoms with E-state index in [1.165, 1.54) is 6.92 Å². The molecule has 0 radical (unpaired) electrons. The number of carbonyl (C=O) groups is 4. The number of Topliss-reactive ketones (excluding diaryl/α,β-unsaturated/α-hetero) is 1. The van der Waals surface area contributed by atoms with Gasteiger partial charge in [0.2, 0.25) is 17.7 Å². The number of nitrogens with one attached hydrogen (secondary N) is 3. The van der Waals surface area contributed by atoms with Crippen molar-refractivity contribution in [2.24, 2.45) is 5.92 Å². The fourth-order valence-electron chi connectivity index (χ4n) is 1.96. The van der Waals surface area contributed by atoms with Gasteiger partial charge in [0.05, 0.1) is 11.9 Å². The van der Waals surface area contributed by atoms with Crippen LogP contribution in [0.2, 0.25) is 0 Å². The lowest BCUT2D eigenvalue weighted by Crippen LogP contribution is -2.50. The molecule has 0 saturated heterocycles. The molecule has 0 heterocycles. The van der Waals surface area contributed by atoms with Crippen molar-refractivity contribution >= 4 is 39.4 Å². The molecule has 0 aromatic heterocycles. The Balaban J connectivity index is 4.05. The summed E-state index contributed by atoms with van der Waals surface area (Å²) in [4.78, 5) is 45.9. The van der Waals surface area contributed by atoms with Gasteiger partial charge in [-0.15, -0.1) is 0 Å². The number of halogens is 1. The van der Waals surface area contributed by atoms with Crippen LogP contribution in [0.4, 0.5) is 0 Å². The maximum Gasteiger partial charge on any atom is 0.243 e. The molecule has 0 saturated carbocycles. The molecule has 0 aliphatic heterocycles. The van der Waals surface area contributed by atoms with Gasteiger partial charge in [-0.1, -0.05) is 36.2 Å².